The lowest BCUT2D eigenvalue weighted by Gasteiger charge is -2.11. The maximum absolute atomic E-state index is 11.9. The molecule has 0 bridgehead atoms. The molecule has 8 heteroatoms. The lowest BCUT2D eigenvalue weighted by molar-refractivity contribution is -0.384. The molecule has 0 spiro atoms. The Kier molecular flexibility index (Phi) is 3.97. The number of nitro groups is 1. The zero-order valence-corrected chi connectivity index (χ0v) is 11.2. The fraction of sp³-hybridized carbons (Fsp3) is 0.308. The Balaban J connectivity index is 2.27. The topological polar surface area (TPSA) is 113 Å². The number of anilines is 1. The van der Waals surface area contributed by atoms with Crippen LogP contribution in [-0.2, 0) is 9.59 Å². The lowest BCUT2D eigenvalue weighted by Crippen LogP contribution is -2.22. The first-order chi connectivity index (χ1) is 9.93. The Morgan fingerprint density at radius 3 is 2.57 bits per heavy atom. The van der Waals surface area contributed by atoms with Crippen molar-refractivity contribution >= 4 is 29.0 Å². The number of carboxylic acid groups (broad SMARTS) is 1. The molecule has 1 heterocycles. The number of aliphatic carboxylic acids is 1. The minimum Gasteiger partial charge on any atom is -0.481 e. The van der Waals surface area contributed by atoms with Crippen LogP contribution in [0.4, 0.5) is 11.4 Å². The summed E-state index contributed by atoms with van der Waals surface area (Å²) in [6.07, 6.45) is 0.289. The number of nitro benzene ring substituents is 1. The van der Waals surface area contributed by atoms with Crippen molar-refractivity contribution < 1.29 is 19.6 Å². The predicted octanol–water partition coefficient (Wildman–Crippen LogP) is 1.80. The molecular weight excluding hydrogens is 278 g/mol. The van der Waals surface area contributed by atoms with Crippen LogP contribution >= 0.6 is 0 Å². The zero-order valence-electron chi connectivity index (χ0n) is 11.2. The molecule has 1 aliphatic heterocycles. The van der Waals surface area contributed by atoms with Gasteiger partial charge in [-0.25, -0.2) is 5.01 Å². The van der Waals surface area contributed by atoms with Crippen molar-refractivity contribution in [3.63, 3.8) is 0 Å². The van der Waals surface area contributed by atoms with E-state index in [1.165, 1.54) is 24.3 Å². The summed E-state index contributed by atoms with van der Waals surface area (Å²) >= 11 is 0. The second-order valence-corrected chi connectivity index (χ2v) is 4.55. The standard InChI is InChI=1S/C13H13N3O5/c1-2-10(13(18)19)11-7-12(17)15(14-11)8-3-5-9(6-4-8)16(20)21/h3-6,10H,2,7H2,1H3,(H,18,19). The van der Waals surface area contributed by atoms with Gasteiger partial charge in [-0.15, -0.1) is 0 Å². The maximum Gasteiger partial charge on any atom is 0.312 e. The highest BCUT2D eigenvalue weighted by molar-refractivity contribution is 6.17. The number of nitrogens with zero attached hydrogens (tertiary/aromatic N) is 3. The normalized spacial score (nSPS) is 15.8. The van der Waals surface area contributed by atoms with Gasteiger partial charge in [-0.3, -0.25) is 19.7 Å². The Labute approximate surface area is 119 Å². The van der Waals surface area contributed by atoms with Crippen LogP contribution in [0.5, 0.6) is 0 Å². The Morgan fingerprint density at radius 1 is 1.48 bits per heavy atom. The van der Waals surface area contributed by atoms with Crippen LogP contribution in [0, 0.1) is 16.0 Å². The third-order valence-electron chi connectivity index (χ3n) is 3.21. The second kappa shape index (κ2) is 5.70. The average molecular weight is 291 g/mol. The van der Waals surface area contributed by atoms with Crippen molar-refractivity contribution in [1.82, 2.24) is 0 Å². The second-order valence-electron chi connectivity index (χ2n) is 4.55. The molecule has 1 amide bonds. The molecule has 21 heavy (non-hydrogen) atoms. The van der Waals surface area contributed by atoms with E-state index in [1.807, 2.05) is 0 Å². The average Bonchev–Trinajstić information content (AvgIpc) is 2.81. The van der Waals surface area contributed by atoms with E-state index >= 15 is 0 Å². The smallest absolute Gasteiger partial charge is 0.312 e. The Hall–Kier alpha value is -2.77. The van der Waals surface area contributed by atoms with E-state index in [0.717, 1.165) is 5.01 Å². The molecule has 0 saturated carbocycles. The van der Waals surface area contributed by atoms with Gasteiger partial charge < -0.3 is 5.11 Å². The molecule has 2 rings (SSSR count). The number of amides is 1. The first-order valence-electron chi connectivity index (χ1n) is 6.31. The molecular formula is C13H13N3O5. The fourth-order valence-corrected chi connectivity index (χ4v) is 2.11. The molecule has 0 fully saturated rings. The van der Waals surface area contributed by atoms with Gasteiger partial charge >= 0.3 is 5.97 Å². The van der Waals surface area contributed by atoms with E-state index in [1.54, 1.807) is 6.92 Å². The molecule has 1 atom stereocenters. The van der Waals surface area contributed by atoms with Gasteiger partial charge in [0.15, 0.2) is 0 Å². The number of non-ortho nitro benzene ring substituents is 1. The molecule has 1 aromatic rings. The van der Waals surface area contributed by atoms with Gasteiger partial charge in [0.2, 0.25) is 0 Å². The summed E-state index contributed by atoms with van der Waals surface area (Å²) in [6, 6.07) is 5.35. The first-order valence-corrected chi connectivity index (χ1v) is 6.31. The quantitative estimate of drug-likeness (QED) is 0.656. The van der Waals surface area contributed by atoms with E-state index in [-0.39, 0.29) is 18.0 Å². The summed E-state index contributed by atoms with van der Waals surface area (Å²) in [7, 11) is 0. The van der Waals surface area contributed by atoms with Gasteiger partial charge in [-0.2, -0.15) is 5.10 Å². The van der Waals surface area contributed by atoms with Crippen molar-refractivity contribution in [3.8, 4) is 0 Å². The van der Waals surface area contributed by atoms with Gasteiger partial charge in [0, 0.05) is 12.1 Å². The van der Waals surface area contributed by atoms with Crippen molar-refractivity contribution in [2.45, 2.75) is 19.8 Å². The van der Waals surface area contributed by atoms with E-state index in [2.05, 4.69) is 5.10 Å². The summed E-state index contributed by atoms with van der Waals surface area (Å²) in [5.41, 5.74) is 0.584. The van der Waals surface area contributed by atoms with Crippen LogP contribution in [0.3, 0.4) is 0 Å². The third-order valence-corrected chi connectivity index (χ3v) is 3.21. The van der Waals surface area contributed by atoms with Gasteiger partial charge in [0.05, 0.1) is 28.7 Å². The van der Waals surface area contributed by atoms with E-state index in [9.17, 15) is 19.7 Å². The zero-order chi connectivity index (χ0) is 15.6. The van der Waals surface area contributed by atoms with Gasteiger partial charge in [-0.05, 0) is 18.6 Å². The molecule has 110 valence electrons. The number of hydrazone groups is 1. The summed E-state index contributed by atoms with van der Waals surface area (Å²) in [4.78, 5) is 33.1. The van der Waals surface area contributed by atoms with Gasteiger partial charge in [-0.1, -0.05) is 6.92 Å². The minimum absolute atomic E-state index is 0.0538. The number of benzene rings is 1. The summed E-state index contributed by atoms with van der Waals surface area (Å²) in [6.45, 7) is 1.71. The highest BCUT2D eigenvalue weighted by atomic mass is 16.6. The van der Waals surface area contributed by atoms with Crippen LogP contribution in [0.25, 0.3) is 0 Å². The van der Waals surface area contributed by atoms with Crippen LogP contribution in [0.1, 0.15) is 19.8 Å². The highest BCUT2D eigenvalue weighted by Gasteiger charge is 2.32. The lowest BCUT2D eigenvalue weighted by atomic mass is 9.98. The molecule has 1 aliphatic rings. The van der Waals surface area contributed by atoms with Crippen molar-refractivity contribution in [3.05, 3.63) is 34.4 Å². The van der Waals surface area contributed by atoms with E-state index < -0.39 is 16.8 Å². The molecule has 0 aromatic heterocycles. The van der Waals surface area contributed by atoms with Gasteiger partial charge in [0.1, 0.15) is 0 Å². The fourth-order valence-electron chi connectivity index (χ4n) is 2.11. The number of carbonyl (C=O) groups excluding carboxylic acids is 1. The summed E-state index contributed by atoms with van der Waals surface area (Å²) < 4.78 is 0. The van der Waals surface area contributed by atoms with Crippen molar-refractivity contribution in [1.29, 1.82) is 0 Å². The molecule has 0 radical (unpaired) electrons. The SMILES string of the molecule is CCC(C(=O)O)C1=NN(c2ccc([N+](=O)[O-])cc2)C(=O)C1. The number of carbonyl (C=O) groups is 2. The van der Waals surface area contributed by atoms with Gasteiger partial charge in [0.25, 0.3) is 11.6 Å². The maximum atomic E-state index is 11.9. The summed E-state index contributed by atoms with van der Waals surface area (Å²) in [5.74, 6) is -2.16. The first kappa shape index (κ1) is 14.6. The monoisotopic (exact) mass is 291 g/mol. The van der Waals surface area contributed by atoms with E-state index in [0.29, 0.717) is 17.8 Å². The predicted molar refractivity (Wildman–Crippen MR) is 74.1 cm³/mol. The van der Waals surface area contributed by atoms with Crippen LogP contribution in [-0.4, -0.2) is 27.6 Å². The number of carboxylic acids is 1. The minimum atomic E-state index is -1.02. The number of hydrogen-bond donors (Lipinski definition) is 1. The third kappa shape index (κ3) is 2.88. The number of hydrogen-bond acceptors (Lipinski definition) is 5. The van der Waals surface area contributed by atoms with E-state index in [4.69, 9.17) is 5.11 Å². The molecule has 1 unspecified atom stereocenters. The Morgan fingerprint density at radius 2 is 2.10 bits per heavy atom. The van der Waals surface area contributed by atoms with Crippen LogP contribution in [0.15, 0.2) is 29.4 Å². The molecule has 8 nitrogen and oxygen atoms in total. The van der Waals surface area contributed by atoms with Crippen molar-refractivity contribution in [2.24, 2.45) is 11.0 Å². The molecule has 0 saturated heterocycles. The Bertz CT molecular complexity index is 623. The largest absolute Gasteiger partial charge is 0.481 e. The van der Waals surface area contributed by atoms with Crippen LogP contribution in [0.2, 0.25) is 0 Å². The van der Waals surface area contributed by atoms with Crippen LogP contribution < -0.4 is 5.01 Å². The number of rotatable bonds is 5. The molecule has 1 aromatic carbocycles. The molecule has 1 N–H and O–H groups in total. The summed E-state index contributed by atoms with van der Waals surface area (Å²) in [5, 5.41) is 24.8. The molecule has 0 aliphatic carbocycles. The van der Waals surface area contributed by atoms with Crippen molar-refractivity contribution in [2.75, 3.05) is 5.01 Å². The highest BCUT2D eigenvalue weighted by Crippen LogP contribution is 2.25.